The molecule has 8 nitrogen and oxygen atoms in total. The van der Waals surface area contributed by atoms with E-state index in [1.54, 1.807) is 41.3 Å². The molecule has 1 saturated heterocycles. The first kappa shape index (κ1) is 29.6. The van der Waals surface area contributed by atoms with Crippen molar-refractivity contribution in [3.63, 3.8) is 0 Å². The van der Waals surface area contributed by atoms with Gasteiger partial charge in [-0.3, -0.25) is 14.2 Å². The molecule has 5 aromatic carbocycles. The first-order valence-corrected chi connectivity index (χ1v) is 16.3. The number of ether oxygens (including phenoxy) is 1. The van der Waals surface area contributed by atoms with Crippen molar-refractivity contribution in [3.05, 3.63) is 120 Å². The Balaban J connectivity index is 1.24. The quantitative estimate of drug-likeness (QED) is 0.170. The summed E-state index contributed by atoms with van der Waals surface area (Å²) < 4.78 is 18.9. The van der Waals surface area contributed by atoms with Gasteiger partial charge in [0.15, 0.2) is 18.0 Å². The van der Waals surface area contributed by atoms with Gasteiger partial charge in [0.1, 0.15) is 0 Å². The van der Waals surface area contributed by atoms with E-state index >= 15 is 0 Å². The summed E-state index contributed by atoms with van der Waals surface area (Å²) in [6.45, 7) is 1.00. The van der Waals surface area contributed by atoms with Crippen LogP contribution in [0, 0.1) is 0 Å². The molecular formula is C35H33N2O6P. The van der Waals surface area contributed by atoms with Crippen LogP contribution in [0.3, 0.4) is 0 Å². The van der Waals surface area contributed by atoms with Crippen molar-refractivity contribution >= 4 is 46.6 Å². The summed E-state index contributed by atoms with van der Waals surface area (Å²) in [6, 6.07) is 33.3. The number of carbonyl (C=O) groups is 2. The molecule has 1 fully saturated rings. The van der Waals surface area contributed by atoms with Crippen molar-refractivity contribution in [2.75, 3.05) is 25.0 Å². The number of benzene rings is 5. The van der Waals surface area contributed by atoms with Gasteiger partial charge in [-0.05, 0) is 52.1 Å². The molecule has 1 aliphatic rings. The van der Waals surface area contributed by atoms with Crippen LogP contribution in [0.5, 0.6) is 5.75 Å². The molecule has 1 atom stereocenters. The Morgan fingerprint density at radius 1 is 0.795 bits per heavy atom. The predicted octanol–water partition coefficient (Wildman–Crippen LogP) is 6.64. The Morgan fingerprint density at radius 2 is 1.41 bits per heavy atom. The third kappa shape index (κ3) is 6.24. The third-order valence-electron chi connectivity index (χ3n) is 8.30. The van der Waals surface area contributed by atoms with Crippen LogP contribution in [0.2, 0.25) is 0 Å². The topological polar surface area (TPSA) is 116 Å². The van der Waals surface area contributed by atoms with E-state index in [1.807, 2.05) is 60.7 Å². The molecule has 6 rings (SSSR count). The van der Waals surface area contributed by atoms with Crippen LogP contribution >= 0.6 is 7.60 Å². The van der Waals surface area contributed by atoms with Gasteiger partial charge in [0.2, 0.25) is 5.91 Å². The molecule has 0 bridgehead atoms. The van der Waals surface area contributed by atoms with Gasteiger partial charge in [-0.15, -0.1) is 0 Å². The largest absolute Gasteiger partial charge is 0.481 e. The summed E-state index contributed by atoms with van der Waals surface area (Å²) in [7, 11) is -4.95. The van der Waals surface area contributed by atoms with E-state index in [1.165, 1.54) is 5.56 Å². The fourth-order valence-electron chi connectivity index (χ4n) is 6.07. The molecule has 0 aliphatic carbocycles. The number of rotatable bonds is 8. The molecule has 0 saturated carbocycles. The number of carbonyl (C=O) groups excluding carboxylic acids is 2. The van der Waals surface area contributed by atoms with Crippen LogP contribution < -0.4 is 10.1 Å². The number of nitrogens with one attached hydrogen (secondary N) is 1. The predicted molar refractivity (Wildman–Crippen MR) is 172 cm³/mol. The van der Waals surface area contributed by atoms with Crippen LogP contribution in [0.4, 0.5) is 5.69 Å². The zero-order valence-corrected chi connectivity index (χ0v) is 24.9. The van der Waals surface area contributed by atoms with Gasteiger partial charge in [0.25, 0.3) is 5.91 Å². The summed E-state index contributed by atoms with van der Waals surface area (Å²) in [5, 5.41) is 5.56. The van der Waals surface area contributed by atoms with Crippen LogP contribution in [-0.4, -0.2) is 46.2 Å². The second-order valence-electron chi connectivity index (χ2n) is 11.1. The maximum absolute atomic E-state index is 13.7. The lowest BCUT2D eigenvalue weighted by molar-refractivity contribution is -0.134. The highest BCUT2D eigenvalue weighted by Gasteiger charge is 2.38. The van der Waals surface area contributed by atoms with Gasteiger partial charge in [0.05, 0.1) is 5.69 Å². The van der Waals surface area contributed by atoms with E-state index in [2.05, 4.69) is 17.4 Å². The van der Waals surface area contributed by atoms with Crippen molar-refractivity contribution in [2.45, 2.75) is 24.4 Å². The fourth-order valence-corrected chi connectivity index (χ4v) is 7.03. The van der Waals surface area contributed by atoms with E-state index < -0.39 is 19.2 Å². The van der Waals surface area contributed by atoms with Gasteiger partial charge in [0, 0.05) is 18.5 Å². The number of likely N-dealkylation sites (tertiary alicyclic amines) is 1. The second-order valence-corrected chi connectivity index (χ2v) is 12.8. The average Bonchev–Trinajstić information content (AvgIpc) is 3.04. The molecule has 224 valence electrons. The van der Waals surface area contributed by atoms with Gasteiger partial charge in [-0.1, -0.05) is 103 Å². The summed E-state index contributed by atoms with van der Waals surface area (Å²) >= 11 is 0. The number of nitrogens with zero attached hydrogens (tertiary/aromatic N) is 1. The third-order valence-corrected chi connectivity index (χ3v) is 9.48. The number of hydrogen-bond donors (Lipinski definition) is 3. The van der Waals surface area contributed by atoms with Crippen LogP contribution in [0.15, 0.2) is 109 Å². The fraction of sp³-hybridized carbons (Fsp3) is 0.200. The summed E-state index contributed by atoms with van der Waals surface area (Å²) in [5.74, 6) is -0.356. The molecule has 1 unspecified atom stereocenters. The lowest BCUT2D eigenvalue weighted by Crippen LogP contribution is -2.40. The van der Waals surface area contributed by atoms with Crippen molar-refractivity contribution in [3.8, 4) is 5.75 Å². The highest BCUT2D eigenvalue weighted by atomic mass is 31.2. The highest BCUT2D eigenvalue weighted by Crippen LogP contribution is 2.54. The van der Waals surface area contributed by atoms with E-state index in [4.69, 9.17) is 4.74 Å². The standard InChI is InChI=1S/C35H33N2O6P/c38-32(37-21-19-25(20-22-37)24-9-2-1-3-10-24)23-43-33-29-15-7-5-12-27(29)17-18-31(33)36-35(39)34(44(40,41)42)30-16-8-13-26-11-4-6-14-28(26)30/h1-18,25,34H,19-23H2,(H,36,39)(H2,40,41,42). The number of anilines is 1. The molecule has 2 amide bonds. The first-order chi connectivity index (χ1) is 21.3. The van der Waals surface area contributed by atoms with Crippen LogP contribution in [0.25, 0.3) is 21.5 Å². The second kappa shape index (κ2) is 12.6. The molecule has 0 aromatic heterocycles. The molecule has 44 heavy (non-hydrogen) atoms. The summed E-state index contributed by atoms with van der Waals surface area (Å²) in [4.78, 5) is 49.5. The van der Waals surface area contributed by atoms with Gasteiger partial charge >= 0.3 is 7.60 Å². The molecule has 3 N–H and O–H groups in total. The monoisotopic (exact) mass is 608 g/mol. The highest BCUT2D eigenvalue weighted by molar-refractivity contribution is 7.53. The lowest BCUT2D eigenvalue weighted by Gasteiger charge is -2.32. The molecule has 0 radical (unpaired) electrons. The SMILES string of the molecule is O=C(Nc1ccc2ccccc2c1OCC(=O)N1CCC(c2ccccc2)CC1)C(c1cccc2ccccc12)P(=O)(O)O. The molecule has 0 spiro atoms. The maximum atomic E-state index is 13.7. The Morgan fingerprint density at radius 3 is 2.11 bits per heavy atom. The lowest BCUT2D eigenvalue weighted by atomic mass is 9.89. The van der Waals surface area contributed by atoms with Crippen LogP contribution in [0.1, 0.15) is 35.5 Å². The van der Waals surface area contributed by atoms with Crippen molar-refractivity contribution in [1.29, 1.82) is 0 Å². The Labute approximate surface area is 255 Å². The zero-order valence-electron chi connectivity index (χ0n) is 24.0. The Bertz CT molecular complexity index is 1860. The minimum Gasteiger partial charge on any atom is -0.481 e. The Hall–Kier alpha value is -4.49. The van der Waals surface area contributed by atoms with Gasteiger partial charge in [-0.2, -0.15) is 0 Å². The van der Waals surface area contributed by atoms with Gasteiger partial charge in [-0.25, -0.2) is 0 Å². The minimum atomic E-state index is -4.95. The van der Waals surface area contributed by atoms with Crippen molar-refractivity contribution < 1.29 is 28.7 Å². The number of hydrogen-bond acceptors (Lipinski definition) is 4. The number of fused-ring (bicyclic) bond motifs is 2. The molecular weight excluding hydrogens is 575 g/mol. The maximum Gasteiger partial charge on any atom is 0.342 e. The molecule has 5 aromatic rings. The van der Waals surface area contributed by atoms with Crippen molar-refractivity contribution in [2.24, 2.45) is 0 Å². The number of amides is 2. The van der Waals surface area contributed by atoms with Crippen LogP contribution in [-0.2, 0) is 14.2 Å². The van der Waals surface area contributed by atoms with Crippen molar-refractivity contribution in [1.82, 2.24) is 4.90 Å². The normalized spacial score (nSPS) is 14.8. The van der Waals surface area contributed by atoms with E-state index in [0.717, 1.165) is 23.6 Å². The summed E-state index contributed by atoms with van der Waals surface area (Å²) in [6.07, 6.45) is 1.73. The Kier molecular flexibility index (Phi) is 8.49. The molecule has 9 heteroatoms. The zero-order chi connectivity index (χ0) is 30.7. The van der Waals surface area contributed by atoms with E-state index in [0.29, 0.717) is 29.8 Å². The first-order valence-electron chi connectivity index (χ1n) is 14.6. The summed E-state index contributed by atoms with van der Waals surface area (Å²) in [5.41, 5.74) is -0.0150. The van der Waals surface area contributed by atoms with Gasteiger partial charge < -0.3 is 24.7 Å². The van der Waals surface area contributed by atoms with E-state index in [-0.39, 0.29) is 29.5 Å². The van der Waals surface area contributed by atoms with E-state index in [9.17, 15) is 23.9 Å². The average molecular weight is 609 g/mol. The number of piperidine rings is 1. The minimum absolute atomic E-state index is 0.162. The molecule has 1 aliphatic heterocycles. The molecule has 1 heterocycles. The smallest absolute Gasteiger partial charge is 0.342 e.